The molecule has 10 heteroatoms. The van der Waals surface area contributed by atoms with E-state index in [1.807, 2.05) is 42.2 Å². The average molecular weight is 520 g/mol. The lowest BCUT2D eigenvalue weighted by molar-refractivity contribution is -0.201. The van der Waals surface area contributed by atoms with Gasteiger partial charge < -0.3 is 24.0 Å². The number of hydrogen-bond donors (Lipinski definition) is 1. The van der Waals surface area contributed by atoms with Gasteiger partial charge in [-0.05, 0) is 43.9 Å². The fourth-order valence-corrected chi connectivity index (χ4v) is 5.89. The van der Waals surface area contributed by atoms with Crippen molar-refractivity contribution in [3.8, 4) is 5.75 Å². The second-order valence-electron chi connectivity index (χ2n) is 10.7. The molecule has 1 aromatic carbocycles. The predicted octanol–water partition coefficient (Wildman–Crippen LogP) is 2.83. The molecule has 0 saturated carbocycles. The minimum atomic E-state index is -0.747. The Kier molecular flexibility index (Phi) is 6.31. The number of morpholine rings is 1. The molecule has 2 aromatic heterocycles. The van der Waals surface area contributed by atoms with Crippen LogP contribution in [0.25, 0.3) is 11.0 Å². The van der Waals surface area contributed by atoms with Crippen molar-refractivity contribution in [1.29, 1.82) is 0 Å². The first-order valence-corrected chi connectivity index (χ1v) is 13.3. The van der Waals surface area contributed by atoms with Crippen LogP contribution in [0.1, 0.15) is 38.7 Å². The molecule has 0 unspecified atom stereocenters. The van der Waals surface area contributed by atoms with Gasteiger partial charge in [-0.15, -0.1) is 0 Å². The number of aromatic nitrogens is 3. The molecule has 2 fully saturated rings. The number of nitrogens with zero attached hydrogens (tertiary/aromatic N) is 4. The summed E-state index contributed by atoms with van der Waals surface area (Å²) >= 11 is 0. The van der Waals surface area contributed by atoms with Crippen LogP contribution >= 0.6 is 0 Å². The van der Waals surface area contributed by atoms with Crippen molar-refractivity contribution in [2.45, 2.75) is 50.2 Å². The fraction of sp³-hybridized carbons (Fsp3) is 0.500. The van der Waals surface area contributed by atoms with Gasteiger partial charge in [-0.25, -0.2) is 4.98 Å². The minimum Gasteiger partial charge on any atom is -0.489 e. The highest BCUT2D eigenvalue weighted by Crippen LogP contribution is 2.45. The number of fused-ring (bicyclic) bond motifs is 2. The van der Waals surface area contributed by atoms with Crippen molar-refractivity contribution in [3.05, 3.63) is 48.3 Å². The standard InChI is InChI=1S/C28H33N5O5/c1-3-20(38-21-12-19-13-30-31-25(19)29-14-21)8-9-27(2)22-6-4-5-7-23(22)32(26(27)35)15-24(34)33-10-11-36-16-28(33)17-37-18-28/h4-7,12-14,20H,3,8-11,15-18H2,1-2H3,(H,29,30,31)/t20-,27-/m1/s1. The highest BCUT2D eigenvalue weighted by Gasteiger charge is 2.51. The third-order valence-corrected chi connectivity index (χ3v) is 8.24. The van der Waals surface area contributed by atoms with Gasteiger partial charge >= 0.3 is 0 Å². The first-order valence-electron chi connectivity index (χ1n) is 13.3. The summed E-state index contributed by atoms with van der Waals surface area (Å²) in [6.45, 7) is 6.51. The topological polar surface area (TPSA) is 110 Å². The first-order chi connectivity index (χ1) is 18.4. The molecule has 2 atom stereocenters. The minimum absolute atomic E-state index is 0.0112. The van der Waals surface area contributed by atoms with Crippen molar-refractivity contribution >= 4 is 28.5 Å². The van der Waals surface area contributed by atoms with E-state index >= 15 is 0 Å². The lowest BCUT2D eigenvalue weighted by Crippen LogP contribution is -2.70. The number of carbonyl (C=O) groups excluding carboxylic acids is 2. The molecule has 3 aliphatic rings. The Labute approximate surface area is 221 Å². The zero-order valence-electron chi connectivity index (χ0n) is 21.8. The van der Waals surface area contributed by atoms with E-state index in [0.29, 0.717) is 57.2 Å². The molecule has 3 aromatic rings. The maximum absolute atomic E-state index is 14.0. The van der Waals surface area contributed by atoms with E-state index in [4.69, 9.17) is 14.2 Å². The summed E-state index contributed by atoms with van der Waals surface area (Å²) in [5.74, 6) is 0.567. The molecule has 1 spiro atoms. The molecule has 0 aliphatic carbocycles. The van der Waals surface area contributed by atoms with Crippen molar-refractivity contribution < 1.29 is 23.8 Å². The Morgan fingerprint density at radius 3 is 2.82 bits per heavy atom. The number of pyridine rings is 1. The van der Waals surface area contributed by atoms with Crippen LogP contribution in [0.15, 0.2) is 42.7 Å². The highest BCUT2D eigenvalue weighted by molar-refractivity contribution is 6.10. The summed E-state index contributed by atoms with van der Waals surface area (Å²) in [6, 6.07) is 9.74. The largest absolute Gasteiger partial charge is 0.489 e. The number of ether oxygens (including phenoxy) is 3. The number of hydrogen-bond acceptors (Lipinski definition) is 7. The first kappa shape index (κ1) is 24.8. The lowest BCUT2D eigenvalue weighted by atomic mass is 9.79. The molecule has 200 valence electrons. The molecule has 38 heavy (non-hydrogen) atoms. The van der Waals surface area contributed by atoms with E-state index in [9.17, 15) is 9.59 Å². The zero-order chi connectivity index (χ0) is 26.3. The van der Waals surface area contributed by atoms with Gasteiger partial charge in [0, 0.05) is 17.6 Å². The quantitative estimate of drug-likeness (QED) is 0.487. The summed E-state index contributed by atoms with van der Waals surface area (Å²) in [6.07, 6.45) is 5.40. The van der Waals surface area contributed by atoms with Crippen LogP contribution in [0.2, 0.25) is 0 Å². The van der Waals surface area contributed by atoms with Gasteiger partial charge in [0.05, 0.1) is 50.3 Å². The third kappa shape index (κ3) is 4.12. The van der Waals surface area contributed by atoms with Crippen LogP contribution in [-0.2, 0) is 24.5 Å². The molecule has 6 rings (SSSR count). The Hall–Kier alpha value is -3.50. The number of anilines is 1. The van der Waals surface area contributed by atoms with E-state index in [2.05, 4.69) is 22.1 Å². The van der Waals surface area contributed by atoms with Crippen molar-refractivity contribution in [1.82, 2.24) is 20.1 Å². The SMILES string of the molecule is CC[C@H](CC[C@@]1(C)C(=O)N(CC(=O)N2CCOCC23COC3)c2ccccc21)Oc1cnc2[nH]ncc2c1. The summed E-state index contributed by atoms with van der Waals surface area (Å²) in [5.41, 5.74) is 1.33. The average Bonchev–Trinajstić information content (AvgIpc) is 3.47. The van der Waals surface area contributed by atoms with Crippen molar-refractivity contribution in [3.63, 3.8) is 0 Å². The number of nitrogens with one attached hydrogen (secondary N) is 1. The summed E-state index contributed by atoms with van der Waals surface area (Å²) in [5, 5.41) is 7.75. The number of rotatable bonds is 8. The number of para-hydroxylation sites is 1. The second kappa shape index (κ2) is 9.67. The van der Waals surface area contributed by atoms with E-state index in [1.165, 1.54) is 0 Å². The molecule has 1 N–H and O–H groups in total. The molecule has 0 radical (unpaired) electrons. The summed E-state index contributed by atoms with van der Waals surface area (Å²) in [4.78, 5) is 35.4. The predicted molar refractivity (Wildman–Crippen MR) is 140 cm³/mol. The van der Waals surface area contributed by atoms with Gasteiger partial charge in [-0.2, -0.15) is 5.10 Å². The second-order valence-corrected chi connectivity index (χ2v) is 10.7. The maximum atomic E-state index is 14.0. The van der Waals surface area contributed by atoms with Crippen LogP contribution < -0.4 is 9.64 Å². The Balaban J connectivity index is 1.18. The van der Waals surface area contributed by atoms with Crippen molar-refractivity contribution in [2.24, 2.45) is 0 Å². The van der Waals surface area contributed by atoms with Gasteiger partial charge in [0.2, 0.25) is 11.8 Å². The van der Waals surface area contributed by atoms with E-state index < -0.39 is 11.0 Å². The van der Waals surface area contributed by atoms with Gasteiger partial charge in [-0.1, -0.05) is 25.1 Å². The van der Waals surface area contributed by atoms with Crippen LogP contribution in [0.4, 0.5) is 5.69 Å². The van der Waals surface area contributed by atoms with Crippen LogP contribution in [0.3, 0.4) is 0 Å². The van der Waals surface area contributed by atoms with E-state index in [-0.39, 0.29) is 24.5 Å². The Morgan fingerprint density at radius 2 is 2.03 bits per heavy atom. The molecule has 2 saturated heterocycles. The fourth-order valence-electron chi connectivity index (χ4n) is 5.89. The van der Waals surface area contributed by atoms with Gasteiger partial charge in [0.25, 0.3) is 0 Å². The normalized spacial score (nSPS) is 22.9. The Bertz CT molecular complexity index is 1350. The van der Waals surface area contributed by atoms with E-state index in [0.717, 1.165) is 23.1 Å². The number of carbonyl (C=O) groups is 2. The summed E-state index contributed by atoms with van der Waals surface area (Å²) < 4.78 is 17.3. The smallest absolute Gasteiger partial charge is 0.243 e. The number of H-pyrrole nitrogens is 1. The molecule has 2 amide bonds. The van der Waals surface area contributed by atoms with Gasteiger partial charge in [-0.3, -0.25) is 14.7 Å². The molecule has 0 bridgehead atoms. The number of benzene rings is 1. The molecule has 3 aliphatic heterocycles. The molecular weight excluding hydrogens is 486 g/mol. The summed E-state index contributed by atoms with van der Waals surface area (Å²) in [7, 11) is 0. The van der Waals surface area contributed by atoms with Crippen LogP contribution in [0, 0.1) is 0 Å². The Morgan fingerprint density at radius 1 is 1.21 bits per heavy atom. The van der Waals surface area contributed by atoms with Gasteiger partial charge in [0.1, 0.15) is 17.8 Å². The van der Waals surface area contributed by atoms with Crippen molar-refractivity contribution in [2.75, 3.05) is 44.4 Å². The van der Waals surface area contributed by atoms with Crippen LogP contribution in [-0.4, -0.2) is 83.1 Å². The van der Waals surface area contributed by atoms with Gasteiger partial charge in [0.15, 0.2) is 5.65 Å². The molecule has 10 nitrogen and oxygen atoms in total. The zero-order valence-corrected chi connectivity index (χ0v) is 21.8. The lowest BCUT2D eigenvalue weighted by Gasteiger charge is -2.52. The monoisotopic (exact) mass is 519 g/mol. The number of aromatic amines is 1. The number of amides is 2. The highest BCUT2D eigenvalue weighted by atomic mass is 16.5. The van der Waals surface area contributed by atoms with Crippen LogP contribution in [0.5, 0.6) is 5.75 Å². The van der Waals surface area contributed by atoms with E-state index in [1.54, 1.807) is 17.3 Å². The third-order valence-electron chi connectivity index (χ3n) is 8.24. The maximum Gasteiger partial charge on any atom is 0.243 e. The molecule has 5 heterocycles. The molecular formula is C28H33N5O5.